The van der Waals surface area contributed by atoms with Crippen molar-refractivity contribution in [3.63, 3.8) is 0 Å². The quantitative estimate of drug-likeness (QED) is 0.365. The Bertz CT molecular complexity index is 801. The zero-order valence-corrected chi connectivity index (χ0v) is 16.6. The average Bonchev–Trinajstić information content (AvgIpc) is 3.07. The number of hydrogen-bond donors (Lipinski definition) is 0. The van der Waals surface area contributed by atoms with E-state index in [1.165, 1.54) is 12.1 Å². The maximum atomic E-state index is 12.6. The Labute approximate surface area is 165 Å². The van der Waals surface area contributed by atoms with Crippen molar-refractivity contribution in [2.45, 2.75) is 25.1 Å². The predicted molar refractivity (Wildman–Crippen MR) is 96.0 cm³/mol. The van der Waals surface area contributed by atoms with E-state index in [4.69, 9.17) is 9.47 Å². The second-order valence-corrected chi connectivity index (χ2v) is 8.74. The standard InChI is InChI=1S/C20H17F3O3Te/c21-20(22,23)15-6-8-18(9-7-15)27-13-14-10-17(25-12-14)11-19(24)26-16-4-2-1-3-5-16/h1-9,13,17H,10-12H2/b14-13+. The van der Waals surface area contributed by atoms with Gasteiger partial charge in [0, 0.05) is 0 Å². The first-order chi connectivity index (χ1) is 12.9. The Kier molecular flexibility index (Phi) is 6.59. The fourth-order valence-corrected chi connectivity index (χ4v) is 4.74. The van der Waals surface area contributed by atoms with E-state index in [1.54, 1.807) is 24.3 Å². The van der Waals surface area contributed by atoms with Crippen molar-refractivity contribution in [1.29, 1.82) is 0 Å². The van der Waals surface area contributed by atoms with Crippen molar-refractivity contribution in [3.05, 3.63) is 69.9 Å². The van der Waals surface area contributed by atoms with Gasteiger partial charge in [0.05, 0.1) is 0 Å². The van der Waals surface area contributed by atoms with Crippen molar-refractivity contribution in [2.75, 3.05) is 6.61 Å². The Morgan fingerprint density at radius 3 is 2.52 bits per heavy atom. The predicted octanol–water partition coefficient (Wildman–Crippen LogP) is 3.70. The second kappa shape index (κ2) is 8.92. The number of halogens is 3. The molecule has 3 rings (SSSR count). The molecule has 0 radical (unpaired) electrons. The third kappa shape index (κ3) is 6.10. The number of alkyl halides is 3. The van der Waals surface area contributed by atoms with Crippen LogP contribution in [0.4, 0.5) is 13.2 Å². The molecule has 0 amide bonds. The first kappa shape index (κ1) is 19.9. The van der Waals surface area contributed by atoms with E-state index in [9.17, 15) is 18.0 Å². The number of carbonyl (C=O) groups excluding carboxylic acids is 1. The van der Waals surface area contributed by atoms with E-state index < -0.39 is 32.7 Å². The summed E-state index contributed by atoms with van der Waals surface area (Å²) >= 11 is -0.737. The fourth-order valence-electron chi connectivity index (χ4n) is 2.57. The molecule has 1 unspecified atom stereocenters. The zero-order chi connectivity index (χ0) is 19.3. The van der Waals surface area contributed by atoms with Gasteiger partial charge in [-0.1, -0.05) is 0 Å². The van der Waals surface area contributed by atoms with E-state index in [0.717, 1.165) is 21.3 Å². The first-order valence-corrected chi connectivity index (χ1v) is 10.8. The zero-order valence-electron chi connectivity index (χ0n) is 14.2. The van der Waals surface area contributed by atoms with Crippen LogP contribution in [0.1, 0.15) is 18.4 Å². The van der Waals surface area contributed by atoms with E-state index in [-0.39, 0.29) is 18.5 Å². The molecule has 0 aliphatic carbocycles. The number of para-hydroxylation sites is 1. The summed E-state index contributed by atoms with van der Waals surface area (Å²) in [6, 6.07) is 14.2. The summed E-state index contributed by atoms with van der Waals surface area (Å²) in [7, 11) is 0. The first-order valence-electron chi connectivity index (χ1n) is 8.29. The minimum absolute atomic E-state index is 0.174. The molecule has 3 nitrogen and oxygen atoms in total. The maximum absolute atomic E-state index is 12.6. The van der Waals surface area contributed by atoms with Crippen molar-refractivity contribution >= 4 is 30.5 Å². The summed E-state index contributed by atoms with van der Waals surface area (Å²) in [5, 5.41) is 0. The van der Waals surface area contributed by atoms with Gasteiger partial charge in [0.1, 0.15) is 0 Å². The summed E-state index contributed by atoms with van der Waals surface area (Å²) in [4.78, 5) is 12.0. The number of hydrogen-bond acceptors (Lipinski definition) is 3. The van der Waals surface area contributed by atoms with Crippen LogP contribution in [0, 0.1) is 0 Å². The number of benzene rings is 2. The molecule has 1 saturated heterocycles. The van der Waals surface area contributed by atoms with Crippen LogP contribution in [-0.4, -0.2) is 39.6 Å². The third-order valence-electron chi connectivity index (χ3n) is 3.91. The van der Waals surface area contributed by atoms with Gasteiger partial charge in [-0.05, 0) is 0 Å². The summed E-state index contributed by atoms with van der Waals surface area (Å²) in [5.74, 6) is 0.164. The van der Waals surface area contributed by atoms with E-state index >= 15 is 0 Å². The van der Waals surface area contributed by atoms with E-state index in [2.05, 4.69) is 4.12 Å². The van der Waals surface area contributed by atoms with E-state index in [0.29, 0.717) is 18.8 Å². The molecular formula is C20H17F3O3Te. The molecule has 1 heterocycles. The van der Waals surface area contributed by atoms with Gasteiger partial charge in [-0.2, -0.15) is 0 Å². The van der Waals surface area contributed by atoms with Crippen LogP contribution in [0.25, 0.3) is 0 Å². The molecule has 142 valence electrons. The number of esters is 1. The molecular weight excluding hydrogens is 473 g/mol. The van der Waals surface area contributed by atoms with Gasteiger partial charge in [0.2, 0.25) is 0 Å². The van der Waals surface area contributed by atoms with Crippen LogP contribution in [0.5, 0.6) is 5.75 Å². The van der Waals surface area contributed by atoms with Crippen molar-refractivity contribution in [2.24, 2.45) is 0 Å². The van der Waals surface area contributed by atoms with Crippen molar-refractivity contribution in [3.8, 4) is 5.75 Å². The third-order valence-corrected chi connectivity index (χ3v) is 6.75. The molecule has 0 N–H and O–H groups in total. The van der Waals surface area contributed by atoms with Crippen LogP contribution in [-0.2, 0) is 15.7 Å². The van der Waals surface area contributed by atoms with Crippen LogP contribution in [0.2, 0.25) is 0 Å². The molecule has 1 aliphatic rings. The monoisotopic (exact) mass is 492 g/mol. The van der Waals surface area contributed by atoms with Crippen molar-refractivity contribution in [1.82, 2.24) is 0 Å². The molecule has 1 fully saturated rings. The molecule has 2 aromatic carbocycles. The minimum atomic E-state index is -4.31. The summed E-state index contributed by atoms with van der Waals surface area (Å²) in [6.07, 6.45) is -3.70. The van der Waals surface area contributed by atoms with Gasteiger partial charge >= 0.3 is 165 Å². The van der Waals surface area contributed by atoms with Gasteiger partial charge < -0.3 is 0 Å². The Hall–Kier alpha value is -1.81. The van der Waals surface area contributed by atoms with E-state index in [1.807, 2.05) is 6.07 Å². The van der Waals surface area contributed by atoms with Gasteiger partial charge in [-0.15, -0.1) is 0 Å². The summed E-state index contributed by atoms with van der Waals surface area (Å²) in [6.45, 7) is 0.453. The van der Waals surface area contributed by atoms with Gasteiger partial charge in [-0.25, -0.2) is 0 Å². The van der Waals surface area contributed by atoms with Crippen LogP contribution >= 0.6 is 0 Å². The molecule has 0 saturated carbocycles. The Balaban J connectivity index is 1.48. The molecule has 7 heteroatoms. The Morgan fingerprint density at radius 1 is 1.15 bits per heavy atom. The molecule has 0 aromatic heterocycles. The van der Waals surface area contributed by atoms with Crippen molar-refractivity contribution < 1.29 is 27.4 Å². The molecule has 0 spiro atoms. The second-order valence-electron chi connectivity index (χ2n) is 6.04. The topological polar surface area (TPSA) is 35.5 Å². The normalized spacial score (nSPS) is 18.6. The number of rotatable bonds is 5. The molecule has 1 aliphatic heterocycles. The summed E-state index contributed by atoms with van der Waals surface area (Å²) < 4.78 is 51.6. The Morgan fingerprint density at radius 2 is 1.85 bits per heavy atom. The van der Waals surface area contributed by atoms with Crippen LogP contribution in [0.3, 0.4) is 0 Å². The SMILES string of the molecule is O=C(CC1C/C(=C\[Te]c2ccc(C(F)(F)F)cc2)CO1)Oc1ccccc1. The van der Waals surface area contributed by atoms with Crippen LogP contribution in [0.15, 0.2) is 64.3 Å². The molecule has 1 atom stereocenters. The molecule has 2 aromatic rings. The summed E-state index contributed by atoms with van der Waals surface area (Å²) in [5.41, 5.74) is 0.461. The number of ether oxygens (including phenoxy) is 2. The van der Waals surface area contributed by atoms with Gasteiger partial charge in [-0.3, -0.25) is 0 Å². The van der Waals surface area contributed by atoms with Gasteiger partial charge in [0.25, 0.3) is 0 Å². The molecule has 0 bridgehead atoms. The number of carbonyl (C=O) groups is 1. The molecule has 27 heavy (non-hydrogen) atoms. The van der Waals surface area contributed by atoms with Gasteiger partial charge in [0.15, 0.2) is 0 Å². The average molecular weight is 490 g/mol. The fraction of sp³-hybridized carbons (Fsp3) is 0.250. The van der Waals surface area contributed by atoms with Crippen LogP contribution < -0.4 is 8.35 Å².